The molecule has 3 rings (SSSR count). The Hall–Kier alpha value is -1.02. The second kappa shape index (κ2) is 12.6. The van der Waals surface area contributed by atoms with Gasteiger partial charge in [0, 0.05) is 38.3 Å². The van der Waals surface area contributed by atoms with Crippen molar-refractivity contribution in [2.24, 2.45) is 4.99 Å². The van der Waals surface area contributed by atoms with Crippen molar-refractivity contribution in [1.82, 2.24) is 15.5 Å². The van der Waals surface area contributed by atoms with E-state index in [4.69, 9.17) is 9.73 Å². The van der Waals surface area contributed by atoms with Crippen molar-refractivity contribution in [3.05, 3.63) is 29.3 Å². The summed E-state index contributed by atoms with van der Waals surface area (Å²) >= 11 is 0. The Morgan fingerprint density at radius 2 is 1.90 bits per heavy atom. The van der Waals surface area contributed by atoms with Crippen LogP contribution in [0.5, 0.6) is 5.75 Å². The minimum absolute atomic E-state index is 0. The van der Waals surface area contributed by atoms with Gasteiger partial charge in [0.25, 0.3) is 0 Å². The number of halogens is 1. The van der Waals surface area contributed by atoms with E-state index in [1.165, 1.54) is 62.7 Å². The summed E-state index contributed by atoms with van der Waals surface area (Å²) in [5.41, 5.74) is 2.45. The number of nitrogens with zero attached hydrogens (tertiary/aromatic N) is 2. The molecule has 6 heteroatoms. The molecule has 29 heavy (non-hydrogen) atoms. The van der Waals surface area contributed by atoms with Crippen LogP contribution in [0.3, 0.4) is 0 Å². The number of rotatable bonds is 7. The topological polar surface area (TPSA) is 48.9 Å². The molecular weight excluding hydrogens is 475 g/mol. The smallest absolute Gasteiger partial charge is 0.191 e. The molecule has 1 heterocycles. The van der Waals surface area contributed by atoms with Crippen molar-refractivity contribution in [2.75, 3.05) is 33.3 Å². The van der Waals surface area contributed by atoms with Gasteiger partial charge >= 0.3 is 0 Å². The summed E-state index contributed by atoms with van der Waals surface area (Å²) in [6.07, 6.45) is 9.03. The van der Waals surface area contributed by atoms with Gasteiger partial charge in [0.15, 0.2) is 5.96 Å². The van der Waals surface area contributed by atoms with Gasteiger partial charge < -0.3 is 20.3 Å². The van der Waals surface area contributed by atoms with Crippen molar-refractivity contribution in [2.45, 2.75) is 70.9 Å². The van der Waals surface area contributed by atoms with Crippen LogP contribution in [0.1, 0.15) is 56.6 Å². The lowest BCUT2D eigenvalue weighted by molar-refractivity contribution is 0.150. The van der Waals surface area contributed by atoms with Crippen LogP contribution in [-0.4, -0.2) is 56.2 Å². The summed E-state index contributed by atoms with van der Waals surface area (Å²) in [6.45, 7) is 8.33. The van der Waals surface area contributed by atoms with Crippen molar-refractivity contribution in [3.8, 4) is 5.75 Å². The quantitative estimate of drug-likeness (QED) is 0.327. The molecule has 1 aliphatic carbocycles. The maximum atomic E-state index is 5.43. The van der Waals surface area contributed by atoms with Gasteiger partial charge in [0.05, 0.1) is 7.11 Å². The zero-order chi connectivity index (χ0) is 19.8. The van der Waals surface area contributed by atoms with Gasteiger partial charge in [0.2, 0.25) is 0 Å². The van der Waals surface area contributed by atoms with E-state index in [1.54, 1.807) is 7.11 Å². The maximum Gasteiger partial charge on any atom is 0.191 e. The summed E-state index contributed by atoms with van der Waals surface area (Å²) in [5, 5.41) is 7.09. The van der Waals surface area contributed by atoms with E-state index in [-0.39, 0.29) is 24.0 Å². The van der Waals surface area contributed by atoms with Gasteiger partial charge in [-0.3, -0.25) is 4.99 Å². The first kappa shape index (κ1) is 24.3. The molecule has 0 atom stereocenters. The minimum atomic E-state index is 0. The van der Waals surface area contributed by atoms with E-state index in [0.717, 1.165) is 37.3 Å². The Balaban J connectivity index is 0.00000300. The second-order valence-corrected chi connectivity index (χ2v) is 8.21. The van der Waals surface area contributed by atoms with Crippen LogP contribution in [0.2, 0.25) is 0 Å². The van der Waals surface area contributed by atoms with E-state index in [2.05, 4.69) is 47.6 Å². The first-order valence-electron chi connectivity index (χ1n) is 11.1. The van der Waals surface area contributed by atoms with E-state index < -0.39 is 0 Å². The molecule has 164 valence electrons. The average molecular weight is 514 g/mol. The van der Waals surface area contributed by atoms with Gasteiger partial charge in [0.1, 0.15) is 5.75 Å². The second-order valence-electron chi connectivity index (χ2n) is 8.21. The molecule has 1 aromatic rings. The molecule has 0 amide bonds. The predicted octanol–water partition coefficient (Wildman–Crippen LogP) is 4.13. The lowest BCUT2D eigenvalue weighted by Crippen LogP contribution is -2.50. The molecule has 1 saturated carbocycles. The monoisotopic (exact) mass is 514 g/mol. The van der Waals surface area contributed by atoms with Crippen LogP contribution in [0.4, 0.5) is 0 Å². The third-order valence-electron chi connectivity index (χ3n) is 6.20. The van der Waals surface area contributed by atoms with Crippen molar-refractivity contribution < 1.29 is 4.74 Å². The van der Waals surface area contributed by atoms with Gasteiger partial charge in [-0.1, -0.05) is 25.0 Å². The SMILES string of the molecule is CCNC(=NCCc1ccc(C)c(OC)c1)NC1CCN(C2CCCC2)CC1.I. The molecule has 0 spiro atoms. The van der Waals surface area contributed by atoms with Crippen LogP contribution in [0, 0.1) is 6.92 Å². The van der Waals surface area contributed by atoms with Crippen LogP contribution >= 0.6 is 24.0 Å². The van der Waals surface area contributed by atoms with Crippen LogP contribution in [0.25, 0.3) is 0 Å². The van der Waals surface area contributed by atoms with E-state index in [9.17, 15) is 0 Å². The third-order valence-corrected chi connectivity index (χ3v) is 6.20. The summed E-state index contributed by atoms with van der Waals surface area (Å²) in [6, 6.07) is 7.82. The number of hydrogen-bond acceptors (Lipinski definition) is 3. The Kier molecular flexibility index (Phi) is 10.6. The van der Waals surface area contributed by atoms with Gasteiger partial charge in [-0.25, -0.2) is 0 Å². The highest BCUT2D eigenvalue weighted by molar-refractivity contribution is 14.0. The van der Waals surface area contributed by atoms with Crippen molar-refractivity contribution in [1.29, 1.82) is 0 Å². The molecule has 5 nitrogen and oxygen atoms in total. The van der Waals surface area contributed by atoms with Crippen molar-refractivity contribution >= 4 is 29.9 Å². The van der Waals surface area contributed by atoms with E-state index in [0.29, 0.717) is 6.04 Å². The number of likely N-dealkylation sites (tertiary alicyclic amines) is 1. The van der Waals surface area contributed by atoms with Gasteiger partial charge in [-0.05, 0) is 63.1 Å². The number of methoxy groups -OCH3 is 1. The van der Waals surface area contributed by atoms with Gasteiger partial charge in [-0.2, -0.15) is 0 Å². The highest BCUT2D eigenvalue weighted by atomic mass is 127. The van der Waals surface area contributed by atoms with Crippen LogP contribution in [-0.2, 0) is 6.42 Å². The molecule has 2 aliphatic rings. The van der Waals surface area contributed by atoms with E-state index >= 15 is 0 Å². The number of aryl methyl sites for hydroxylation is 1. The Morgan fingerprint density at radius 1 is 1.17 bits per heavy atom. The van der Waals surface area contributed by atoms with Crippen LogP contribution < -0.4 is 15.4 Å². The highest BCUT2D eigenvalue weighted by Crippen LogP contribution is 2.26. The minimum Gasteiger partial charge on any atom is -0.496 e. The first-order valence-corrected chi connectivity index (χ1v) is 11.1. The number of nitrogens with one attached hydrogen (secondary N) is 2. The number of hydrogen-bond donors (Lipinski definition) is 2. The zero-order valence-corrected chi connectivity index (χ0v) is 20.7. The highest BCUT2D eigenvalue weighted by Gasteiger charge is 2.27. The average Bonchev–Trinajstić information content (AvgIpc) is 3.25. The predicted molar refractivity (Wildman–Crippen MR) is 133 cm³/mol. The summed E-state index contributed by atoms with van der Waals surface area (Å²) < 4.78 is 5.43. The van der Waals surface area contributed by atoms with Gasteiger partial charge in [-0.15, -0.1) is 24.0 Å². The largest absolute Gasteiger partial charge is 0.496 e. The van der Waals surface area contributed by atoms with Crippen LogP contribution in [0.15, 0.2) is 23.2 Å². The molecule has 0 aromatic heterocycles. The summed E-state index contributed by atoms with van der Waals surface area (Å²) in [5.74, 6) is 1.92. The number of guanidine groups is 1. The Bertz CT molecular complexity index is 638. The van der Waals surface area contributed by atoms with E-state index in [1.807, 2.05) is 0 Å². The molecule has 2 N–H and O–H groups in total. The number of piperidine rings is 1. The fourth-order valence-corrected chi connectivity index (χ4v) is 4.51. The number of aliphatic imine (C=N–C) groups is 1. The van der Waals surface area contributed by atoms with Crippen molar-refractivity contribution in [3.63, 3.8) is 0 Å². The zero-order valence-electron chi connectivity index (χ0n) is 18.4. The number of benzene rings is 1. The lowest BCUT2D eigenvalue weighted by atomic mass is 10.0. The standard InChI is InChI=1S/C23H38N4O.HI/c1-4-24-23(25-14-11-19-10-9-18(2)22(17-19)28-3)26-20-12-15-27(16-13-20)21-7-5-6-8-21;/h9-10,17,20-21H,4-8,11-16H2,1-3H3,(H2,24,25,26);1H. The lowest BCUT2D eigenvalue weighted by Gasteiger charge is -2.36. The fraction of sp³-hybridized carbons (Fsp3) is 0.696. The molecule has 1 aliphatic heterocycles. The molecule has 0 bridgehead atoms. The Labute approximate surface area is 194 Å². The summed E-state index contributed by atoms with van der Waals surface area (Å²) in [4.78, 5) is 7.54. The number of ether oxygens (including phenoxy) is 1. The third kappa shape index (κ3) is 7.31. The molecular formula is C23H39IN4O. The molecule has 0 radical (unpaired) electrons. The normalized spacial score (nSPS) is 19.1. The molecule has 1 saturated heterocycles. The molecule has 2 fully saturated rings. The first-order chi connectivity index (χ1) is 13.7. The Morgan fingerprint density at radius 3 is 2.55 bits per heavy atom. The molecule has 1 aromatic carbocycles. The maximum absolute atomic E-state index is 5.43. The fourth-order valence-electron chi connectivity index (χ4n) is 4.51. The molecule has 0 unspecified atom stereocenters. The summed E-state index contributed by atoms with van der Waals surface area (Å²) in [7, 11) is 1.73.